The molecule has 2 aromatic carbocycles. The minimum atomic E-state index is -3.81. The Kier molecular flexibility index (Phi) is 6.33. The van der Waals surface area contributed by atoms with Crippen molar-refractivity contribution in [1.29, 1.82) is 0 Å². The van der Waals surface area contributed by atoms with Crippen molar-refractivity contribution in [2.24, 2.45) is 0 Å². The molecule has 0 saturated heterocycles. The number of sulfonamides is 1. The zero-order valence-electron chi connectivity index (χ0n) is 16.1. The predicted octanol–water partition coefficient (Wildman–Crippen LogP) is 2.82. The number of methoxy groups -OCH3 is 1. The van der Waals surface area contributed by atoms with E-state index in [0.717, 1.165) is 9.87 Å². The van der Waals surface area contributed by atoms with E-state index in [1.54, 1.807) is 12.1 Å². The monoisotopic (exact) mass is 441 g/mol. The van der Waals surface area contributed by atoms with Gasteiger partial charge in [-0.2, -0.15) is 0 Å². The molecule has 0 spiro atoms. The zero-order chi connectivity index (χ0) is 21.2. The van der Waals surface area contributed by atoms with E-state index in [0.29, 0.717) is 22.9 Å². The van der Waals surface area contributed by atoms with Gasteiger partial charge in [0.1, 0.15) is 23.0 Å². The fourth-order valence-electron chi connectivity index (χ4n) is 2.79. The van der Waals surface area contributed by atoms with Gasteiger partial charge in [-0.1, -0.05) is 11.6 Å². The second-order valence-electron chi connectivity index (χ2n) is 6.39. The second-order valence-corrected chi connectivity index (χ2v) is 8.95. The molecule has 0 radical (unpaired) electrons. The van der Waals surface area contributed by atoms with Crippen LogP contribution >= 0.6 is 11.6 Å². The van der Waals surface area contributed by atoms with E-state index in [1.165, 1.54) is 39.4 Å². The standard InChI is InChI=1S/C19H20ClNO7S/c1-21(2)29(23,24)17-8-12(4-5-16(17)25-3)19(22)27-10-14-7-15(20)6-13-9-26-11-28-18(13)14/h4-8H,9-11H2,1-3H3. The predicted molar refractivity (Wildman–Crippen MR) is 105 cm³/mol. The first-order valence-electron chi connectivity index (χ1n) is 8.53. The maximum atomic E-state index is 12.5. The molecule has 10 heteroatoms. The van der Waals surface area contributed by atoms with Crippen LogP contribution in [0.3, 0.4) is 0 Å². The first-order valence-corrected chi connectivity index (χ1v) is 10.4. The Morgan fingerprint density at radius 2 is 2.00 bits per heavy atom. The van der Waals surface area contributed by atoms with E-state index < -0.39 is 16.0 Å². The van der Waals surface area contributed by atoms with Gasteiger partial charge in [0.25, 0.3) is 0 Å². The van der Waals surface area contributed by atoms with Crippen molar-refractivity contribution in [3.63, 3.8) is 0 Å². The summed E-state index contributed by atoms with van der Waals surface area (Å²) < 4.78 is 47.3. The maximum absolute atomic E-state index is 12.5. The summed E-state index contributed by atoms with van der Waals surface area (Å²) in [5, 5.41) is 0.465. The van der Waals surface area contributed by atoms with Crippen LogP contribution in [0, 0.1) is 0 Å². The molecule has 0 N–H and O–H groups in total. The van der Waals surface area contributed by atoms with Gasteiger partial charge in [-0.25, -0.2) is 17.5 Å². The van der Waals surface area contributed by atoms with Crippen molar-refractivity contribution in [2.75, 3.05) is 28.0 Å². The number of nitrogens with zero attached hydrogens (tertiary/aromatic N) is 1. The Hall–Kier alpha value is -2.33. The number of esters is 1. The summed E-state index contributed by atoms with van der Waals surface area (Å²) in [5.41, 5.74) is 1.43. The van der Waals surface area contributed by atoms with E-state index in [2.05, 4.69) is 0 Å². The Labute approximate surface area is 173 Å². The molecule has 0 bridgehead atoms. The molecule has 0 fully saturated rings. The maximum Gasteiger partial charge on any atom is 0.338 e. The van der Waals surface area contributed by atoms with Crippen LogP contribution in [0.2, 0.25) is 5.02 Å². The first kappa shape index (κ1) is 21.4. The SMILES string of the molecule is COc1ccc(C(=O)OCc2cc(Cl)cc3c2OCOC3)cc1S(=O)(=O)N(C)C. The van der Waals surface area contributed by atoms with Crippen LogP contribution in [0.5, 0.6) is 11.5 Å². The van der Waals surface area contributed by atoms with Crippen molar-refractivity contribution in [2.45, 2.75) is 18.1 Å². The number of carbonyl (C=O) groups is 1. The Morgan fingerprint density at radius 3 is 2.69 bits per heavy atom. The molecule has 1 aliphatic heterocycles. The molecule has 0 unspecified atom stereocenters. The normalized spacial score (nSPS) is 13.6. The van der Waals surface area contributed by atoms with Gasteiger partial charge < -0.3 is 18.9 Å². The van der Waals surface area contributed by atoms with Gasteiger partial charge in [0.05, 0.1) is 19.3 Å². The molecule has 0 aliphatic carbocycles. The summed E-state index contributed by atoms with van der Waals surface area (Å²) in [7, 11) is 0.333. The summed E-state index contributed by atoms with van der Waals surface area (Å²) in [6, 6.07) is 7.45. The van der Waals surface area contributed by atoms with Gasteiger partial charge in [0.2, 0.25) is 10.0 Å². The van der Waals surface area contributed by atoms with Crippen molar-refractivity contribution >= 4 is 27.6 Å². The van der Waals surface area contributed by atoms with E-state index in [1.807, 2.05) is 0 Å². The zero-order valence-corrected chi connectivity index (χ0v) is 17.7. The first-order chi connectivity index (χ1) is 13.7. The number of rotatable bonds is 6. The highest BCUT2D eigenvalue weighted by molar-refractivity contribution is 7.89. The molecule has 8 nitrogen and oxygen atoms in total. The van der Waals surface area contributed by atoms with Crippen LogP contribution in [0.15, 0.2) is 35.2 Å². The third-order valence-electron chi connectivity index (χ3n) is 4.27. The van der Waals surface area contributed by atoms with Crippen LogP contribution in [0.1, 0.15) is 21.5 Å². The molecule has 1 aliphatic rings. The lowest BCUT2D eigenvalue weighted by Crippen LogP contribution is -2.23. The topological polar surface area (TPSA) is 91.4 Å². The number of benzene rings is 2. The number of fused-ring (bicyclic) bond motifs is 1. The highest BCUT2D eigenvalue weighted by atomic mass is 35.5. The van der Waals surface area contributed by atoms with Gasteiger partial charge in [-0.3, -0.25) is 0 Å². The Balaban J connectivity index is 1.85. The number of hydrogen-bond donors (Lipinski definition) is 0. The van der Waals surface area contributed by atoms with E-state index in [9.17, 15) is 13.2 Å². The van der Waals surface area contributed by atoms with E-state index in [-0.39, 0.29) is 29.6 Å². The summed E-state index contributed by atoms with van der Waals surface area (Å²) in [4.78, 5) is 12.4. The minimum absolute atomic E-state index is 0.0753. The highest BCUT2D eigenvalue weighted by Gasteiger charge is 2.25. The molecule has 2 aromatic rings. The van der Waals surface area contributed by atoms with Crippen LogP contribution in [-0.4, -0.2) is 46.7 Å². The molecular weight excluding hydrogens is 422 g/mol. The summed E-state index contributed by atoms with van der Waals surface area (Å²) in [6.45, 7) is 0.352. The number of carbonyl (C=O) groups excluding carboxylic acids is 1. The molecule has 0 atom stereocenters. The summed E-state index contributed by atoms with van der Waals surface area (Å²) >= 11 is 6.11. The van der Waals surface area contributed by atoms with Crippen LogP contribution in [0.25, 0.3) is 0 Å². The highest BCUT2D eigenvalue weighted by Crippen LogP contribution is 2.32. The van der Waals surface area contributed by atoms with Gasteiger partial charge in [0.15, 0.2) is 6.79 Å². The number of ether oxygens (including phenoxy) is 4. The largest absolute Gasteiger partial charge is 0.495 e. The van der Waals surface area contributed by atoms with Crippen LogP contribution in [-0.2, 0) is 32.7 Å². The number of halogens is 1. The van der Waals surface area contributed by atoms with Gasteiger partial charge in [-0.05, 0) is 30.3 Å². The van der Waals surface area contributed by atoms with Crippen molar-refractivity contribution in [3.05, 3.63) is 52.0 Å². The average Bonchev–Trinajstić information content (AvgIpc) is 2.70. The van der Waals surface area contributed by atoms with Crippen molar-refractivity contribution < 1.29 is 32.2 Å². The molecule has 3 rings (SSSR count). The van der Waals surface area contributed by atoms with Crippen LogP contribution in [0.4, 0.5) is 0 Å². The Bertz CT molecular complexity index is 1040. The Morgan fingerprint density at radius 1 is 1.24 bits per heavy atom. The lowest BCUT2D eigenvalue weighted by Gasteiger charge is -2.21. The van der Waals surface area contributed by atoms with E-state index >= 15 is 0 Å². The third-order valence-corrected chi connectivity index (χ3v) is 6.32. The fourth-order valence-corrected chi connectivity index (χ4v) is 4.13. The molecule has 0 aromatic heterocycles. The van der Waals surface area contributed by atoms with Crippen molar-refractivity contribution in [3.8, 4) is 11.5 Å². The van der Waals surface area contributed by atoms with Gasteiger partial charge >= 0.3 is 5.97 Å². The van der Waals surface area contributed by atoms with Gasteiger partial charge in [0, 0.05) is 30.2 Å². The quantitative estimate of drug-likeness (QED) is 0.636. The summed E-state index contributed by atoms with van der Waals surface area (Å²) in [6.07, 6.45) is 0. The molecule has 0 saturated carbocycles. The fraction of sp³-hybridized carbons (Fsp3) is 0.316. The number of hydrogen-bond acceptors (Lipinski definition) is 7. The van der Waals surface area contributed by atoms with Crippen LogP contribution < -0.4 is 9.47 Å². The third kappa shape index (κ3) is 4.48. The molecule has 1 heterocycles. The minimum Gasteiger partial charge on any atom is -0.495 e. The van der Waals surface area contributed by atoms with E-state index in [4.69, 9.17) is 30.5 Å². The smallest absolute Gasteiger partial charge is 0.338 e. The lowest BCUT2D eigenvalue weighted by molar-refractivity contribution is -0.0180. The average molecular weight is 442 g/mol. The molecule has 0 amide bonds. The second kappa shape index (κ2) is 8.58. The molecule has 156 valence electrons. The lowest BCUT2D eigenvalue weighted by atomic mass is 10.1. The van der Waals surface area contributed by atoms with Gasteiger partial charge in [-0.15, -0.1) is 0 Å². The van der Waals surface area contributed by atoms with Crippen molar-refractivity contribution in [1.82, 2.24) is 4.31 Å². The summed E-state index contributed by atoms with van der Waals surface area (Å²) in [5.74, 6) is 0.00950. The molecule has 29 heavy (non-hydrogen) atoms. The molecular formula is C19H20ClNO7S.